The number of likely N-dealkylation sites (N-methyl/N-ethyl adjacent to an activating group) is 1. The monoisotopic (exact) mass is 278 g/mol. The number of piperazine rings is 1. The molecule has 0 amide bonds. The zero-order chi connectivity index (χ0) is 13.7. The molecule has 106 valence electrons. The Bertz CT molecular complexity index is 370. The van der Waals surface area contributed by atoms with Gasteiger partial charge in [0.2, 0.25) is 0 Å². The molecule has 0 radical (unpaired) electrons. The van der Waals surface area contributed by atoms with Crippen LogP contribution in [0.25, 0.3) is 0 Å². The molecule has 0 saturated carbocycles. The highest BCUT2D eigenvalue weighted by Gasteiger charge is 2.30. The van der Waals surface area contributed by atoms with E-state index in [9.17, 15) is 0 Å². The van der Waals surface area contributed by atoms with Crippen molar-refractivity contribution in [3.8, 4) is 0 Å². The van der Waals surface area contributed by atoms with Crippen molar-refractivity contribution in [2.24, 2.45) is 0 Å². The van der Waals surface area contributed by atoms with Crippen molar-refractivity contribution >= 4 is 12.6 Å². The van der Waals surface area contributed by atoms with Gasteiger partial charge in [-0.05, 0) is 31.9 Å². The summed E-state index contributed by atoms with van der Waals surface area (Å²) in [7, 11) is 0. The van der Waals surface area contributed by atoms with Gasteiger partial charge in [0.15, 0.2) is 0 Å². The van der Waals surface area contributed by atoms with E-state index in [0.29, 0.717) is 0 Å². The van der Waals surface area contributed by atoms with E-state index >= 15 is 0 Å². The molecule has 1 aromatic carbocycles. The number of rotatable bonds is 5. The molecule has 1 atom stereocenters. The molecule has 1 aromatic rings. The molecule has 3 heteroatoms. The largest absolute Gasteiger partial charge is 0.301 e. The molecule has 0 spiro atoms. The molecule has 1 fully saturated rings. The summed E-state index contributed by atoms with van der Waals surface area (Å²) in [5.74, 6) is 0. The smallest absolute Gasteiger partial charge is 0.0616 e. The van der Waals surface area contributed by atoms with Crippen LogP contribution in [0.1, 0.15) is 25.8 Å². The Balaban J connectivity index is 1.85. The molecule has 1 aliphatic rings. The summed E-state index contributed by atoms with van der Waals surface area (Å²) >= 11 is 4.93. The van der Waals surface area contributed by atoms with Gasteiger partial charge in [0.05, 0.1) is 4.87 Å². The van der Waals surface area contributed by atoms with Crippen LogP contribution in [0, 0.1) is 0 Å². The maximum absolute atomic E-state index is 4.93. The molecule has 1 aliphatic heterocycles. The minimum atomic E-state index is 0.00960. The third kappa shape index (κ3) is 4.23. The highest BCUT2D eigenvalue weighted by molar-refractivity contribution is 7.81. The SMILES string of the molecule is CCN1CCN([C@](C)(S)CCc2ccccc2)CC1. The van der Waals surface area contributed by atoms with Gasteiger partial charge in [-0.15, -0.1) is 0 Å². The van der Waals surface area contributed by atoms with Crippen molar-refractivity contribution in [3.63, 3.8) is 0 Å². The summed E-state index contributed by atoms with van der Waals surface area (Å²) in [4.78, 5) is 5.05. The standard InChI is InChI=1S/C16H26N2S/c1-3-17-11-13-18(14-12-17)16(2,19)10-9-15-7-5-4-6-8-15/h4-8,19H,3,9-14H2,1-2H3/t16-/m1/s1. The Morgan fingerprint density at radius 2 is 1.74 bits per heavy atom. The first kappa shape index (κ1) is 14.9. The molecule has 0 aromatic heterocycles. The van der Waals surface area contributed by atoms with E-state index in [1.165, 1.54) is 25.2 Å². The summed E-state index contributed by atoms with van der Waals surface area (Å²) in [6, 6.07) is 10.7. The lowest BCUT2D eigenvalue weighted by atomic mass is 10.0. The van der Waals surface area contributed by atoms with Crippen LogP contribution in [0.15, 0.2) is 30.3 Å². The van der Waals surface area contributed by atoms with Crippen molar-refractivity contribution in [1.29, 1.82) is 0 Å². The van der Waals surface area contributed by atoms with Gasteiger partial charge < -0.3 is 4.90 Å². The Kier molecular flexibility index (Phi) is 5.31. The van der Waals surface area contributed by atoms with Gasteiger partial charge in [-0.1, -0.05) is 37.3 Å². The number of nitrogens with zero attached hydrogens (tertiary/aromatic N) is 2. The summed E-state index contributed by atoms with van der Waals surface area (Å²) in [5.41, 5.74) is 1.41. The molecule has 2 rings (SSSR count). The van der Waals surface area contributed by atoms with E-state index in [1.807, 2.05) is 0 Å². The minimum Gasteiger partial charge on any atom is -0.301 e. The highest BCUT2D eigenvalue weighted by Crippen LogP contribution is 2.27. The molecule has 0 aliphatic carbocycles. The van der Waals surface area contributed by atoms with Crippen LogP contribution >= 0.6 is 12.6 Å². The molecule has 0 unspecified atom stereocenters. The fourth-order valence-corrected chi connectivity index (χ4v) is 3.04. The number of benzene rings is 1. The predicted octanol–water partition coefficient (Wildman–Crippen LogP) is 2.90. The van der Waals surface area contributed by atoms with Crippen LogP contribution in [0.5, 0.6) is 0 Å². The van der Waals surface area contributed by atoms with E-state index in [2.05, 4.69) is 54.0 Å². The van der Waals surface area contributed by atoms with Crippen LogP contribution < -0.4 is 0 Å². The van der Waals surface area contributed by atoms with Gasteiger partial charge in [0, 0.05) is 26.2 Å². The van der Waals surface area contributed by atoms with E-state index in [-0.39, 0.29) is 4.87 Å². The van der Waals surface area contributed by atoms with Crippen LogP contribution in [0.3, 0.4) is 0 Å². The second-order valence-corrected chi connectivity index (χ2v) is 6.59. The van der Waals surface area contributed by atoms with Crippen molar-refractivity contribution in [1.82, 2.24) is 9.80 Å². The van der Waals surface area contributed by atoms with Crippen molar-refractivity contribution in [3.05, 3.63) is 35.9 Å². The summed E-state index contributed by atoms with van der Waals surface area (Å²) in [5, 5.41) is 0. The number of hydrogen-bond acceptors (Lipinski definition) is 3. The lowest BCUT2D eigenvalue weighted by molar-refractivity contribution is 0.0880. The number of aryl methyl sites for hydroxylation is 1. The molecule has 0 N–H and O–H groups in total. The van der Waals surface area contributed by atoms with Gasteiger partial charge in [-0.25, -0.2) is 0 Å². The van der Waals surface area contributed by atoms with E-state index in [1.54, 1.807) is 0 Å². The fourth-order valence-electron chi connectivity index (χ4n) is 2.73. The third-order valence-electron chi connectivity index (χ3n) is 4.23. The predicted molar refractivity (Wildman–Crippen MR) is 85.8 cm³/mol. The van der Waals surface area contributed by atoms with E-state index < -0.39 is 0 Å². The number of hydrogen-bond donors (Lipinski definition) is 1. The Labute approximate surface area is 123 Å². The Hall–Kier alpha value is -0.510. The van der Waals surface area contributed by atoms with Gasteiger partial charge in [-0.3, -0.25) is 4.90 Å². The topological polar surface area (TPSA) is 6.48 Å². The molecular weight excluding hydrogens is 252 g/mol. The first-order chi connectivity index (χ1) is 9.12. The average Bonchev–Trinajstić information content (AvgIpc) is 2.46. The summed E-state index contributed by atoms with van der Waals surface area (Å²) in [6.45, 7) is 10.3. The zero-order valence-electron chi connectivity index (χ0n) is 12.2. The molecule has 1 saturated heterocycles. The molecule has 19 heavy (non-hydrogen) atoms. The van der Waals surface area contributed by atoms with Gasteiger partial charge >= 0.3 is 0 Å². The number of thiol groups is 1. The first-order valence-corrected chi connectivity index (χ1v) is 7.80. The zero-order valence-corrected chi connectivity index (χ0v) is 13.1. The fraction of sp³-hybridized carbons (Fsp3) is 0.625. The maximum Gasteiger partial charge on any atom is 0.0616 e. The minimum absolute atomic E-state index is 0.00960. The van der Waals surface area contributed by atoms with Crippen LogP contribution in [-0.4, -0.2) is 47.4 Å². The van der Waals surface area contributed by atoms with Crippen molar-refractivity contribution in [2.45, 2.75) is 31.6 Å². The average molecular weight is 278 g/mol. The first-order valence-electron chi connectivity index (χ1n) is 7.35. The van der Waals surface area contributed by atoms with E-state index in [4.69, 9.17) is 12.6 Å². The van der Waals surface area contributed by atoms with Gasteiger partial charge in [0.1, 0.15) is 0 Å². The molecule has 1 heterocycles. The molecule has 2 nitrogen and oxygen atoms in total. The van der Waals surface area contributed by atoms with Crippen LogP contribution in [-0.2, 0) is 6.42 Å². The lowest BCUT2D eigenvalue weighted by Gasteiger charge is -2.43. The lowest BCUT2D eigenvalue weighted by Crippen LogP contribution is -2.53. The molecule has 0 bridgehead atoms. The third-order valence-corrected chi connectivity index (χ3v) is 4.74. The highest BCUT2D eigenvalue weighted by atomic mass is 32.1. The summed E-state index contributed by atoms with van der Waals surface area (Å²) < 4.78 is 0. The summed E-state index contributed by atoms with van der Waals surface area (Å²) in [6.07, 6.45) is 2.21. The Morgan fingerprint density at radius 1 is 1.11 bits per heavy atom. The van der Waals surface area contributed by atoms with Crippen molar-refractivity contribution < 1.29 is 0 Å². The van der Waals surface area contributed by atoms with Gasteiger partial charge in [-0.2, -0.15) is 12.6 Å². The van der Waals surface area contributed by atoms with E-state index in [0.717, 1.165) is 25.9 Å². The Morgan fingerprint density at radius 3 is 2.32 bits per heavy atom. The second-order valence-electron chi connectivity index (χ2n) is 5.62. The van der Waals surface area contributed by atoms with Gasteiger partial charge in [0.25, 0.3) is 0 Å². The van der Waals surface area contributed by atoms with Crippen LogP contribution in [0.2, 0.25) is 0 Å². The quantitative estimate of drug-likeness (QED) is 0.828. The molecular formula is C16H26N2S. The van der Waals surface area contributed by atoms with Crippen LogP contribution in [0.4, 0.5) is 0 Å². The maximum atomic E-state index is 4.93. The second kappa shape index (κ2) is 6.78. The van der Waals surface area contributed by atoms with Crippen molar-refractivity contribution in [2.75, 3.05) is 32.7 Å². The normalized spacial score (nSPS) is 21.2.